The molecule has 31 heavy (non-hydrogen) atoms. The molecule has 0 saturated heterocycles. The van der Waals surface area contributed by atoms with Gasteiger partial charge in [-0.15, -0.1) is 0 Å². The Morgan fingerprint density at radius 2 is 1.97 bits per heavy atom. The number of hydrogen-bond acceptors (Lipinski definition) is 4. The van der Waals surface area contributed by atoms with Gasteiger partial charge in [-0.1, -0.05) is 11.6 Å². The van der Waals surface area contributed by atoms with Crippen molar-refractivity contribution in [3.8, 4) is 5.82 Å². The highest BCUT2D eigenvalue weighted by Crippen LogP contribution is 2.40. The molecule has 4 rings (SSSR count). The molecule has 1 saturated carbocycles. The summed E-state index contributed by atoms with van der Waals surface area (Å²) in [5, 5.41) is 1.57. The minimum atomic E-state index is -4.70. The molecule has 0 bridgehead atoms. The Bertz CT molecular complexity index is 1260. The van der Waals surface area contributed by atoms with Crippen LogP contribution in [0.5, 0.6) is 0 Å². The van der Waals surface area contributed by atoms with Crippen LogP contribution < -0.4 is 10.7 Å². The molecule has 0 unspecified atom stereocenters. The molecule has 1 atom stereocenters. The molecule has 0 radical (unpaired) electrons. The van der Waals surface area contributed by atoms with E-state index >= 15 is 0 Å². The molecule has 12 heteroatoms. The number of amides is 1. The zero-order valence-electron chi connectivity index (χ0n) is 15.4. The van der Waals surface area contributed by atoms with Crippen LogP contribution in [-0.2, 0) is 0 Å². The van der Waals surface area contributed by atoms with E-state index in [1.165, 1.54) is 12.1 Å². The van der Waals surface area contributed by atoms with Crippen molar-refractivity contribution in [1.82, 2.24) is 19.9 Å². The zero-order chi connectivity index (χ0) is 22.5. The van der Waals surface area contributed by atoms with Crippen molar-refractivity contribution in [2.24, 2.45) is 5.92 Å². The van der Waals surface area contributed by atoms with E-state index in [-0.39, 0.29) is 16.2 Å². The largest absolute Gasteiger partial charge is 0.408 e. The normalized spacial score (nSPS) is 15.2. The number of rotatable bonds is 4. The predicted octanol–water partition coefficient (Wildman–Crippen LogP) is 3.78. The lowest BCUT2D eigenvalue weighted by molar-refractivity contribution is -0.158. The van der Waals surface area contributed by atoms with Crippen molar-refractivity contribution in [2.75, 3.05) is 0 Å². The zero-order valence-corrected chi connectivity index (χ0v) is 16.1. The fraction of sp³-hybridized carbons (Fsp3) is 0.263. The number of fused-ring (bicyclic) bond motifs is 1. The predicted molar refractivity (Wildman–Crippen MR) is 100 cm³/mol. The highest BCUT2D eigenvalue weighted by molar-refractivity contribution is 6.29. The van der Waals surface area contributed by atoms with Gasteiger partial charge in [-0.2, -0.15) is 13.2 Å². The van der Waals surface area contributed by atoms with Crippen LogP contribution in [0.25, 0.3) is 16.9 Å². The first-order chi connectivity index (χ1) is 14.6. The molecule has 0 spiro atoms. The average molecular weight is 459 g/mol. The lowest BCUT2D eigenvalue weighted by atomic mass is 10.1. The van der Waals surface area contributed by atoms with Gasteiger partial charge in [-0.3, -0.25) is 14.2 Å². The lowest BCUT2D eigenvalue weighted by Gasteiger charge is -2.21. The third-order valence-electron chi connectivity index (χ3n) is 4.81. The molecule has 162 valence electrons. The van der Waals surface area contributed by atoms with Crippen LogP contribution in [0.15, 0.2) is 35.4 Å². The Morgan fingerprint density at radius 3 is 2.58 bits per heavy atom. The Balaban J connectivity index is 1.88. The van der Waals surface area contributed by atoms with E-state index in [1.54, 1.807) is 0 Å². The minimum absolute atomic E-state index is 0.0776. The number of aromatic nitrogens is 3. The highest BCUT2D eigenvalue weighted by Gasteiger charge is 2.49. The molecule has 3 aromatic heterocycles. The van der Waals surface area contributed by atoms with E-state index in [2.05, 4.69) is 9.97 Å². The maximum absolute atomic E-state index is 14.4. The van der Waals surface area contributed by atoms with E-state index < -0.39 is 52.5 Å². The van der Waals surface area contributed by atoms with Gasteiger partial charge in [0.05, 0.1) is 11.6 Å². The molecule has 0 aliphatic heterocycles. The second-order valence-corrected chi connectivity index (χ2v) is 7.42. The van der Waals surface area contributed by atoms with E-state index in [0.717, 1.165) is 10.8 Å². The van der Waals surface area contributed by atoms with Gasteiger partial charge in [0, 0.05) is 12.3 Å². The number of nitrogens with zero attached hydrogens (tertiary/aromatic N) is 3. The van der Waals surface area contributed by atoms with Gasteiger partial charge < -0.3 is 5.32 Å². The van der Waals surface area contributed by atoms with Crippen LogP contribution >= 0.6 is 11.6 Å². The van der Waals surface area contributed by atoms with Crippen molar-refractivity contribution in [1.29, 1.82) is 0 Å². The van der Waals surface area contributed by atoms with Gasteiger partial charge >= 0.3 is 6.18 Å². The summed E-state index contributed by atoms with van der Waals surface area (Å²) in [5.41, 5.74) is -1.81. The number of carbonyl (C=O) groups excluding carboxylic acids is 1. The molecule has 6 nitrogen and oxygen atoms in total. The van der Waals surface area contributed by atoms with Gasteiger partial charge in [-0.25, -0.2) is 18.7 Å². The number of carbonyl (C=O) groups is 1. The average Bonchev–Trinajstić information content (AvgIpc) is 3.51. The van der Waals surface area contributed by atoms with Crippen LogP contribution in [0.4, 0.5) is 22.0 Å². The molecule has 1 amide bonds. The maximum Gasteiger partial charge on any atom is 0.408 e. The molecular formula is C19H12ClF5N4O2. The Labute approximate surface area is 175 Å². The Kier molecular flexibility index (Phi) is 5.16. The van der Waals surface area contributed by atoms with Crippen molar-refractivity contribution in [2.45, 2.75) is 25.1 Å². The quantitative estimate of drug-likeness (QED) is 0.477. The second kappa shape index (κ2) is 7.56. The summed E-state index contributed by atoms with van der Waals surface area (Å²) >= 11 is 5.85. The molecule has 0 aromatic carbocycles. The first-order valence-electron chi connectivity index (χ1n) is 8.97. The van der Waals surface area contributed by atoms with Crippen LogP contribution in [0, 0.1) is 17.6 Å². The number of pyridine rings is 3. The summed E-state index contributed by atoms with van der Waals surface area (Å²) in [6.45, 7) is 0. The molecule has 1 fully saturated rings. The van der Waals surface area contributed by atoms with Crippen LogP contribution in [0.3, 0.4) is 0 Å². The summed E-state index contributed by atoms with van der Waals surface area (Å²) in [4.78, 5) is 33.0. The number of alkyl halides is 3. The van der Waals surface area contributed by atoms with Crippen molar-refractivity contribution in [3.05, 3.63) is 63.2 Å². The maximum atomic E-state index is 14.4. The van der Waals surface area contributed by atoms with Crippen LogP contribution in [0.1, 0.15) is 23.2 Å². The van der Waals surface area contributed by atoms with Crippen molar-refractivity contribution >= 4 is 28.5 Å². The third kappa shape index (κ3) is 4.09. The van der Waals surface area contributed by atoms with Gasteiger partial charge in [0.1, 0.15) is 22.6 Å². The number of halogens is 6. The molecule has 3 aromatic rings. The Hall–Kier alpha value is -3.08. The topological polar surface area (TPSA) is 76.9 Å². The van der Waals surface area contributed by atoms with Crippen LogP contribution in [-0.4, -0.2) is 32.7 Å². The molecule has 1 aliphatic carbocycles. The van der Waals surface area contributed by atoms with Gasteiger partial charge in [0.15, 0.2) is 17.3 Å². The monoisotopic (exact) mass is 458 g/mol. The highest BCUT2D eigenvalue weighted by atomic mass is 35.5. The summed E-state index contributed by atoms with van der Waals surface area (Å²) in [5.74, 6) is -4.71. The fourth-order valence-corrected chi connectivity index (χ4v) is 3.35. The number of nitrogens with one attached hydrogen (secondary N) is 1. The minimum Gasteiger partial charge on any atom is -0.340 e. The molecular weight excluding hydrogens is 447 g/mol. The van der Waals surface area contributed by atoms with E-state index in [0.29, 0.717) is 25.1 Å². The summed E-state index contributed by atoms with van der Waals surface area (Å²) in [7, 11) is 0. The lowest BCUT2D eigenvalue weighted by Crippen LogP contribution is -2.48. The molecule has 3 heterocycles. The van der Waals surface area contributed by atoms with Crippen molar-refractivity contribution in [3.63, 3.8) is 0 Å². The van der Waals surface area contributed by atoms with E-state index in [4.69, 9.17) is 11.6 Å². The van der Waals surface area contributed by atoms with Crippen LogP contribution in [0.2, 0.25) is 5.15 Å². The van der Waals surface area contributed by atoms with Gasteiger partial charge in [-0.05, 0) is 30.9 Å². The first kappa shape index (κ1) is 21.2. The fourth-order valence-electron chi connectivity index (χ4n) is 3.20. The molecule has 1 aliphatic rings. The standard InChI is InChI=1S/C19H12ClF5N4O2/c20-13-4-3-10-14(30)11(18(31)28-15(8-1-2-8)19(23,24)25)7-29(16(10)27-13)17-12(22)5-9(21)6-26-17/h3-8,15H,1-2H2,(H,28,31)/t15-/m0/s1. The third-order valence-corrected chi connectivity index (χ3v) is 5.02. The summed E-state index contributed by atoms with van der Waals surface area (Å²) in [6.07, 6.45) is -2.61. The summed E-state index contributed by atoms with van der Waals surface area (Å²) in [6, 6.07) is 0.828. The van der Waals surface area contributed by atoms with Gasteiger partial charge in [0.25, 0.3) is 5.91 Å². The molecule has 1 N–H and O–H groups in total. The first-order valence-corrected chi connectivity index (χ1v) is 9.35. The second-order valence-electron chi connectivity index (χ2n) is 7.04. The van der Waals surface area contributed by atoms with E-state index in [9.17, 15) is 31.5 Å². The summed E-state index contributed by atoms with van der Waals surface area (Å²) < 4.78 is 68.4. The van der Waals surface area contributed by atoms with Crippen molar-refractivity contribution < 1.29 is 26.7 Å². The van der Waals surface area contributed by atoms with E-state index in [1.807, 2.05) is 5.32 Å². The smallest absolute Gasteiger partial charge is 0.340 e. The number of hydrogen-bond donors (Lipinski definition) is 1. The van der Waals surface area contributed by atoms with Gasteiger partial charge in [0.2, 0.25) is 5.43 Å². The Morgan fingerprint density at radius 1 is 1.26 bits per heavy atom. The SMILES string of the molecule is O=C(N[C@@H](C1CC1)C(F)(F)F)c1cn(-c2ncc(F)cc2F)c2nc(Cl)ccc2c1=O.